The van der Waals surface area contributed by atoms with Crippen molar-refractivity contribution in [1.29, 1.82) is 0 Å². The van der Waals surface area contributed by atoms with Gasteiger partial charge in [-0.1, -0.05) is 36.4 Å². The average molecular weight is 345 g/mol. The lowest BCUT2D eigenvalue weighted by molar-refractivity contribution is 0.175. The highest BCUT2D eigenvalue weighted by atomic mass is 16.3. The number of hydrogen-bond acceptors (Lipinski definition) is 2. The van der Waals surface area contributed by atoms with Crippen LogP contribution in [0.1, 0.15) is 11.7 Å². The topological polar surface area (TPSA) is 77.2 Å². The smallest absolute Gasteiger partial charge is 0.319 e. The van der Waals surface area contributed by atoms with Crippen molar-refractivity contribution in [3.63, 3.8) is 0 Å². The molecule has 4 aromatic rings. The number of aliphatic hydroxyl groups excluding tert-OH is 1. The van der Waals surface area contributed by atoms with E-state index in [1.165, 1.54) is 0 Å². The first-order valence-electron chi connectivity index (χ1n) is 8.48. The van der Waals surface area contributed by atoms with Gasteiger partial charge in [-0.15, -0.1) is 0 Å². The van der Waals surface area contributed by atoms with Crippen molar-refractivity contribution < 1.29 is 9.90 Å². The number of fused-ring (bicyclic) bond motifs is 2. The number of urea groups is 1. The van der Waals surface area contributed by atoms with E-state index < -0.39 is 6.10 Å². The van der Waals surface area contributed by atoms with E-state index in [4.69, 9.17) is 0 Å². The first kappa shape index (κ1) is 16.2. The number of nitrogens with one attached hydrogen (secondary N) is 3. The fraction of sp³-hybridized carbons (Fsp3) is 0.0952. The number of benzene rings is 3. The third-order valence-electron chi connectivity index (χ3n) is 4.43. The Bertz CT molecular complexity index is 1070. The summed E-state index contributed by atoms with van der Waals surface area (Å²) in [6.07, 6.45) is 1.09. The van der Waals surface area contributed by atoms with E-state index in [9.17, 15) is 9.90 Å². The standard InChI is InChI=1S/C21H19N3O2/c25-20(17-6-5-14-3-1-2-4-15(14)11-17)13-23-21(26)24-18-7-8-19-16(12-18)9-10-22-19/h1-12,20,22,25H,13H2,(H2,23,24,26). The predicted octanol–water partition coefficient (Wildman–Crippen LogP) is 4.18. The van der Waals surface area contributed by atoms with Gasteiger partial charge in [0.15, 0.2) is 0 Å². The van der Waals surface area contributed by atoms with Crippen LogP contribution in [0, 0.1) is 0 Å². The molecule has 2 amide bonds. The molecule has 3 aromatic carbocycles. The quantitative estimate of drug-likeness (QED) is 0.448. The minimum atomic E-state index is -0.766. The van der Waals surface area contributed by atoms with Crippen LogP contribution in [-0.4, -0.2) is 22.7 Å². The minimum Gasteiger partial charge on any atom is -0.387 e. The SMILES string of the molecule is O=C(NCC(O)c1ccc2ccccc2c1)Nc1ccc2[nH]ccc2c1. The first-order valence-corrected chi connectivity index (χ1v) is 8.48. The van der Waals surface area contributed by atoms with Gasteiger partial charge < -0.3 is 20.7 Å². The molecular weight excluding hydrogens is 326 g/mol. The molecular formula is C21H19N3O2. The van der Waals surface area contributed by atoms with Crippen LogP contribution in [0.15, 0.2) is 72.9 Å². The zero-order chi connectivity index (χ0) is 17.9. The van der Waals surface area contributed by atoms with Gasteiger partial charge in [0.05, 0.1) is 6.10 Å². The van der Waals surface area contributed by atoms with E-state index in [1.54, 1.807) is 0 Å². The average Bonchev–Trinajstić information content (AvgIpc) is 3.13. The van der Waals surface area contributed by atoms with E-state index in [0.717, 1.165) is 27.2 Å². The zero-order valence-corrected chi connectivity index (χ0v) is 14.1. The maximum atomic E-state index is 12.1. The van der Waals surface area contributed by atoms with Crippen molar-refractivity contribution in [1.82, 2.24) is 10.3 Å². The van der Waals surface area contributed by atoms with E-state index in [1.807, 2.05) is 72.9 Å². The maximum Gasteiger partial charge on any atom is 0.319 e. The van der Waals surface area contributed by atoms with E-state index in [0.29, 0.717) is 5.69 Å². The molecule has 1 unspecified atom stereocenters. The van der Waals surface area contributed by atoms with E-state index >= 15 is 0 Å². The molecule has 4 rings (SSSR count). The molecule has 1 aromatic heterocycles. The predicted molar refractivity (Wildman–Crippen MR) is 104 cm³/mol. The van der Waals surface area contributed by atoms with Gasteiger partial charge >= 0.3 is 6.03 Å². The zero-order valence-electron chi connectivity index (χ0n) is 14.1. The lowest BCUT2D eigenvalue weighted by Crippen LogP contribution is -2.32. The van der Waals surface area contributed by atoms with Crippen LogP contribution >= 0.6 is 0 Å². The second-order valence-corrected chi connectivity index (χ2v) is 6.24. The number of amides is 2. The number of rotatable bonds is 4. The number of aromatic nitrogens is 1. The second-order valence-electron chi connectivity index (χ2n) is 6.24. The number of aliphatic hydroxyl groups is 1. The fourth-order valence-corrected chi connectivity index (χ4v) is 3.03. The number of aromatic amines is 1. The Morgan fingerprint density at radius 2 is 1.81 bits per heavy atom. The molecule has 130 valence electrons. The molecule has 0 saturated carbocycles. The van der Waals surface area contributed by atoms with Gasteiger partial charge in [0, 0.05) is 29.3 Å². The monoisotopic (exact) mass is 345 g/mol. The van der Waals surface area contributed by atoms with Crippen LogP contribution in [0.5, 0.6) is 0 Å². The fourth-order valence-electron chi connectivity index (χ4n) is 3.03. The highest BCUT2D eigenvalue weighted by Gasteiger charge is 2.10. The summed E-state index contributed by atoms with van der Waals surface area (Å²) < 4.78 is 0. The molecule has 0 saturated heterocycles. The largest absolute Gasteiger partial charge is 0.387 e. The van der Waals surface area contributed by atoms with Gasteiger partial charge in [-0.05, 0) is 46.7 Å². The molecule has 1 atom stereocenters. The number of carbonyl (C=O) groups is 1. The van der Waals surface area contributed by atoms with Gasteiger partial charge in [0.2, 0.25) is 0 Å². The molecule has 0 spiro atoms. The van der Waals surface area contributed by atoms with Crippen molar-refractivity contribution in [3.8, 4) is 0 Å². The summed E-state index contributed by atoms with van der Waals surface area (Å²) in [5.41, 5.74) is 2.50. The van der Waals surface area contributed by atoms with Crippen LogP contribution < -0.4 is 10.6 Å². The number of carbonyl (C=O) groups excluding carboxylic acids is 1. The highest BCUT2D eigenvalue weighted by molar-refractivity contribution is 5.92. The minimum absolute atomic E-state index is 0.135. The van der Waals surface area contributed by atoms with Crippen LogP contribution in [0.25, 0.3) is 21.7 Å². The summed E-state index contributed by atoms with van der Waals surface area (Å²) in [6.45, 7) is 0.135. The molecule has 26 heavy (non-hydrogen) atoms. The number of hydrogen-bond donors (Lipinski definition) is 4. The molecule has 0 aliphatic rings. The summed E-state index contributed by atoms with van der Waals surface area (Å²) in [7, 11) is 0. The van der Waals surface area contributed by atoms with Gasteiger partial charge in [-0.2, -0.15) is 0 Å². The van der Waals surface area contributed by atoms with Crippen molar-refractivity contribution in [3.05, 3.63) is 78.5 Å². The summed E-state index contributed by atoms with van der Waals surface area (Å²) in [5, 5.41) is 19.1. The Morgan fingerprint density at radius 1 is 0.962 bits per heavy atom. The molecule has 0 aliphatic heterocycles. The third-order valence-corrected chi connectivity index (χ3v) is 4.43. The molecule has 4 N–H and O–H groups in total. The maximum absolute atomic E-state index is 12.1. The molecule has 5 heteroatoms. The van der Waals surface area contributed by atoms with Crippen molar-refractivity contribution >= 4 is 33.4 Å². The Morgan fingerprint density at radius 3 is 2.69 bits per heavy atom. The third kappa shape index (κ3) is 3.38. The Hall–Kier alpha value is -3.31. The molecule has 0 aliphatic carbocycles. The van der Waals surface area contributed by atoms with Gasteiger partial charge in [0.1, 0.15) is 0 Å². The normalized spacial score (nSPS) is 12.2. The molecule has 1 heterocycles. The van der Waals surface area contributed by atoms with Crippen LogP contribution in [0.4, 0.5) is 10.5 Å². The van der Waals surface area contributed by atoms with Crippen LogP contribution in [0.2, 0.25) is 0 Å². The Balaban J connectivity index is 1.38. The van der Waals surface area contributed by atoms with Crippen molar-refractivity contribution in [2.45, 2.75) is 6.10 Å². The second kappa shape index (κ2) is 6.90. The Kier molecular flexibility index (Phi) is 4.29. The molecule has 0 radical (unpaired) electrons. The highest BCUT2D eigenvalue weighted by Crippen LogP contribution is 2.20. The summed E-state index contributed by atoms with van der Waals surface area (Å²) >= 11 is 0. The van der Waals surface area contributed by atoms with Crippen LogP contribution in [0.3, 0.4) is 0 Å². The Labute approximate surface area is 150 Å². The summed E-state index contributed by atoms with van der Waals surface area (Å²) in [5.74, 6) is 0. The van der Waals surface area contributed by atoms with E-state index in [2.05, 4.69) is 15.6 Å². The number of H-pyrrole nitrogens is 1. The van der Waals surface area contributed by atoms with Crippen molar-refractivity contribution in [2.75, 3.05) is 11.9 Å². The lowest BCUT2D eigenvalue weighted by Gasteiger charge is -2.14. The van der Waals surface area contributed by atoms with Gasteiger partial charge in [0.25, 0.3) is 0 Å². The summed E-state index contributed by atoms with van der Waals surface area (Å²) in [4.78, 5) is 15.2. The first-order chi connectivity index (χ1) is 12.7. The molecule has 0 fully saturated rings. The summed E-state index contributed by atoms with van der Waals surface area (Å²) in [6, 6.07) is 21.0. The van der Waals surface area contributed by atoms with Gasteiger partial charge in [-0.3, -0.25) is 0 Å². The van der Waals surface area contributed by atoms with Crippen LogP contribution in [-0.2, 0) is 0 Å². The molecule has 5 nitrogen and oxygen atoms in total. The van der Waals surface area contributed by atoms with Crippen molar-refractivity contribution in [2.24, 2.45) is 0 Å². The van der Waals surface area contributed by atoms with Gasteiger partial charge in [-0.25, -0.2) is 4.79 Å². The lowest BCUT2D eigenvalue weighted by atomic mass is 10.0. The van der Waals surface area contributed by atoms with E-state index in [-0.39, 0.29) is 12.6 Å². The molecule has 0 bridgehead atoms. The number of anilines is 1.